The molecule has 14 heavy (non-hydrogen) atoms. The van der Waals surface area contributed by atoms with Crippen molar-refractivity contribution in [3.63, 3.8) is 0 Å². The number of benzene rings is 1. The van der Waals surface area contributed by atoms with Gasteiger partial charge in [-0.1, -0.05) is 15.9 Å². The van der Waals surface area contributed by atoms with Gasteiger partial charge in [-0.15, -0.1) is 11.3 Å². The predicted molar refractivity (Wildman–Crippen MR) is 65.7 cm³/mol. The van der Waals surface area contributed by atoms with Crippen LogP contribution in [0.3, 0.4) is 0 Å². The summed E-state index contributed by atoms with van der Waals surface area (Å²) in [6.45, 7) is 2.11. The van der Waals surface area contributed by atoms with E-state index in [2.05, 4.69) is 40.4 Å². The van der Waals surface area contributed by atoms with Crippen LogP contribution in [-0.2, 0) is 5.33 Å². The van der Waals surface area contributed by atoms with Crippen molar-refractivity contribution in [2.45, 2.75) is 12.3 Å². The third kappa shape index (κ3) is 1.44. The quantitative estimate of drug-likeness (QED) is 0.747. The smallest absolute Gasteiger partial charge is 0.126 e. The van der Waals surface area contributed by atoms with Crippen molar-refractivity contribution in [3.05, 3.63) is 28.6 Å². The summed E-state index contributed by atoms with van der Waals surface area (Å²) in [4.78, 5) is 0. The van der Waals surface area contributed by atoms with E-state index >= 15 is 0 Å². The van der Waals surface area contributed by atoms with Crippen LogP contribution >= 0.6 is 27.3 Å². The van der Waals surface area contributed by atoms with E-state index in [1.165, 1.54) is 21.2 Å². The van der Waals surface area contributed by atoms with Crippen molar-refractivity contribution in [1.82, 2.24) is 0 Å². The summed E-state index contributed by atoms with van der Waals surface area (Å²) in [7, 11) is 1.73. The molecule has 0 saturated carbocycles. The molecule has 0 N–H and O–H groups in total. The van der Waals surface area contributed by atoms with Crippen molar-refractivity contribution in [2.24, 2.45) is 0 Å². The molecule has 0 aliphatic carbocycles. The van der Waals surface area contributed by atoms with Crippen LogP contribution in [0.4, 0.5) is 0 Å². The highest BCUT2D eigenvalue weighted by molar-refractivity contribution is 9.08. The van der Waals surface area contributed by atoms with E-state index < -0.39 is 0 Å². The lowest BCUT2D eigenvalue weighted by Crippen LogP contribution is -1.92. The number of rotatable bonds is 2. The molecule has 0 spiro atoms. The highest BCUT2D eigenvalue weighted by atomic mass is 79.9. The van der Waals surface area contributed by atoms with Crippen LogP contribution in [0.15, 0.2) is 17.5 Å². The fourth-order valence-electron chi connectivity index (χ4n) is 1.71. The van der Waals surface area contributed by atoms with E-state index in [0.717, 1.165) is 11.1 Å². The van der Waals surface area contributed by atoms with Crippen LogP contribution < -0.4 is 4.74 Å². The maximum atomic E-state index is 5.42. The number of methoxy groups -OCH3 is 1. The van der Waals surface area contributed by atoms with Crippen molar-refractivity contribution in [3.8, 4) is 5.75 Å². The lowest BCUT2D eigenvalue weighted by Gasteiger charge is -2.10. The van der Waals surface area contributed by atoms with E-state index in [4.69, 9.17) is 4.74 Å². The average Bonchev–Trinajstić information content (AvgIpc) is 2.65. The Morgan fingerprint density at radius 2 is 2.29 bits per heavy atom. The second kappa shape index (κ2) is 3.91. The van der Waals surface area contributed by atoms with Gasteiger partial charge in [-0.25, -0.2) is 0 Å². The molecule has 0 aliphatic rings. The zero-order valence-electron chi connectivity index (χ0n) is 8.13. The molecular weight excluding hydrogens is 260 g/mol. The maximum absolute atomic E-state index is 5.42. The van der Waals surface area contributed by atoms with Crippen LogP contribution in [-0.4, -0.2) is 7.11 Å². The Bertz CT molecular complexity index is 462. The van der Waals surface area contributed by atoms with Crippen molar-refractivity contribution in [1.29, 1.82) is 0 Å². The van der Waals surface area contributed by atoms with E-state index in [-0.39, 0.29) is 0 Å². The van der Waals surface area contributed by atoms with Crippen LogP contribution in [0.1, 0.15) is 11.1 Å². The largest absolute Gasteiger partial charge is 0.496 e. The van der Waals surface area contributed by atoms with E-state index in [9.17, 15) is 0 Å². The summed E-state index contributed by atoms with van der Waals surface area (Å²) in [6.07, 6.45) is 0. The van der Waals surface area contributed by atoms with Gasteiger partial charge >= 0.3 is 0 Å². The fourth-order valence-corrected chi connectivity index (χ4v) is 3.04. The molecule has 0 atom stereocenters. The Labute approximate surface area is 95.8 Å². The number of aryl methyl sites for hydroxylation is 1. The lowest BCUT2D eigenvalue weighted by atomic mass is 10.1. The molecule has 2 rings (SSSR count). The van der Waals surface area contributed by atoms with Gasteiger partial charge in [-0.2, -0.15) is 0 Å². The molecule has 0 saturated heterocycles. The predicted octanol–water partition coefficient (Wildman–Crippen LogP) is 4.11. The van der Waals surface area contributed by atoms with Gasteiger partial charge in [0, 0.05) is 15.6 Å². The minimum atomic E-state index is 0.838. The molecule has 0 fully saturated rings. The zero-order valence-corrected chi connectivity index (χ0v) is 10.5. The molecule has 74 valence electrons. The van der Waals surface area contributed by atoms with Crippen LogP contribution in [0.25, 0.3) is 10.1 Å². The number of alkyl halides is 1. The first-order chi connectivity index (χ1) is 6.77. The van der Waals surface area contributed by atoms with E-state index in [1.807, 2.05) is 0 Å². The Morgan fingerprint density at radius 1 is 1.50 bits per heavy atom. The molecule has 1 nitrogen and oxygen atoms in total. The Kier molecular flexibility index (Phi) is 2.79. The SMILES string of the molecule is COc1c(CBr)cc2sccc2c1C. The van der Waals surface area contributed by atoms with Crippen molar-refractivity contribution >= 4 is 37.4 Å². The topological polar surface area (TPSA) is 9.23 Å². The normalized spacial score (nSPS) is 10.8. The minimum Gasteiger partial charge on any atom is -0.496 e. The zero-order chi connectivity index (χ0) is 10.1. The Balaban J connectivity index is 2.79. The van der Waals surface area contributed by atoms with Gasteiger partial charge in [0.2, 0.25) is 0 Å². The van der Waals surface area contributed by atoms with Gasteiger partial charge in [-0.05, 0) is 35.4 Å². The first kappa shape index (κ1) is 9.99. The van der Waals surface area contributed by atoms with Crippen molar-refractivity contribution < 1.29 is 4.74 Å². The number of thiophene rings is 1. The summed E-state index contributed by atoms with van der Waals surface area (Å²) in [5.41, 5.74) is 2.46. The highest BCUT2D eigenvalue weighted by Gasteiger charge is 2.10. The maximum Gasteiger partial charge on any atom is 0.126 e. The van der Waals surface area contributed by atoms with E-state index in [1.54, 1.807) is 18.4 Å². The molecule has 1 aromatic heterocycles. The monoisotopic (exact) mass is 270 g/mol. The first-order valence-electron chi connectivity index (χ1n) is 4.37. The van der Waals surface area contributed by atoms with Gasteiger partial charge in [0.1, 0.15) is 5.75 Å². The highest BCUT2D eigenvalue weighted by Crippen LogP contribution is 2.35. The van der Waals surface area contributed by atoms with Gasteiger partial charge in [0.25, 0.3) is 0 Å². The fraction of sp³-hybridized carbons (Fsp3) is 0.273. The summed E-state index contributed by atoms with van der Waals surface area (Å²) < 4.78 is 6.75. The van der Waals surface area contributed by atoms with Gasteiger partial charge < -0.3 is 4.74 Å². The minimum absolute atomic E-state index is 0.838. The van der Waals surface area contributed by atoms with Crippen LogP contribution in [0, 0.1) is 6.92 Å². The number of hydrogen-bond donors (Lipinski definition) is 0. The summed E-state index contributed by atoms with van der Waals surface area (Å²) in [5.74, 6) is 1.01. The third-order valence-electron chi connectivity index (χ3n) is 2.38. The van der Waals surface area contributed by atoms with Crippen LogP contribution in [0.5, 0.6) is 5.75 Å². The molecule has 0 bridgehead atoms. The Morgan fingerprint density at radius 3 is 2.93 bits per heavy atom. The number of halogens is 1. The molecular formula is C11H11BrOS. The first-order valence-corrected chi connectivity index (χ1v) is 6.37. The molecule has 0 unspecified atom stereocenters. The molecule has 2 aromatic rings. The summed E-state index contributed by atoms with van der Waals surface area (Å²) in [6, 6.07) is 4.34. The van der Waals surface area contributed by atoms with Gasteiger partial charge in [-0.3, -0.25) is 0 Å². The Hall–Kier alpha value is -0.540. The molecule has 0 aliphatic heterocycles. The number of fused-ring (bicyclic) bond motifs is 1. The summed E-state index contributed by atoms with van der Waals surface area (Å²) >= 11 is 5.26. The molecule has 0 radical (unpaired) electrons. The molecule has 3 heteroatoms. The second-order valence-corrected chi connectivity index (χ2v) is 4.67. The number of hydrogen-bond acceptors (Lipinski definition) is 2. The molecule has 1 aromatic carbocycles. The van der Waals surface area contributed by atoms with Gasteiger partial charge in [0.05, 0.1) is 7.11 Å². The number of ether oxygens (including phenoxy) is 1. The standard InChI is InChI=1S/C11H11BrOS/c1-7-9-3-4-14-10(9)5-8(6-12)11(7)13-2/h3-5H,6H2,1-2H3. The van der Waals surface area contributed by atoms with E-state index in [0.29, 0.717) is 0 Å². The lowest BCUT2D eigenvalue weighted by molar-refractivity contribution is 0.409. The average molecular weight is 271 g/mol. The van der Waals surface area contributed by atoms with Crippen molar-refractivity contribution in [2.75, 3.05) is 7.11 Å². The van der Waals surface area contributed by atoms with Gasteiger partial charge in [0.15, 0.2) is 0 Å². The third-order valence-corrected chi connectivity index (χ3v) is 3.85. The van der Waals surface area contributed by atoms with Crippen LogP contribution in [0.2, 0.25) is 0 Å². The molecule has 0 amide bonds. The summed E-state index contributed by atoms with van der Waals surface area (Å²) in [5, 5.41) is 4.26. The molecule has 1 heterocycles. The second-order valence-electron chi connectivity index (χ2n) is 3.16.